The summed E-state index contributed by atoms with van der Waals surface area (Å²) in [7, 11) is 0. The van der Waals surface area contributed by atoms with Crippen LogP contribution >= 0.6 is 34.3 Å². The van der Waals surface area contributed by atoms with E-state index in [0.717, 1.165) is 21.8 Å². The van der Waals surface area contributed by atoms with Gasteiger partial charge < -0.3 is 4.74 Å². The number of ether oxygens (including phenoxy) is 1. The van der Waals surface area contributed by atoms with Crippen LogP contribution in [0.5, 0.6) is 0 Å². The Morgan fingerprint density at radius 3 is 2.86 bits per heavy atom. The quantitative estimate of drug-likeness (QED) is 0.620. The fraction of sp³-hybridized carbons (Fsp3) is 0.125. The lowest BCUT2D eigenvalue weighted by atomic mass is 10.2. The van der Waals surface area contributed by atoms with Gasteiger partial charge in [-0.1, -0.05) is 29.8 Å². The smallest absolute Gasteiger partial charge is 0.312 e. The van der Waals surface area contributed by atoms with Crippen LogP contribution in [0.25, 0.3) is 10.6 Å². The number of hydrogen-bond acceptors (Lipinski definition) is 5. The number of nitrogens with zero attached hydrogens (tertiary/aromatic N) is 1. The molecule has 3 rings (SSSR count). The standard InChI is InChI=1S/C16H12ClNO2S2/c17-14-4-2-1-3-11(14)8-20-15(19)7-13-10-22-16(18-13)12-5-6-21-9-12/h1-6,9-10H,7-8H2. The summed E-state index contributed by atoms with van der Waals surface area (Å²) in [6.45, 7) is 0.181. The molecule has 0 unspecified atom stereocenters. The molecule has 22 heavy (non-hydrogen) atoms. The lowest BCUT2D eigenvalue weighted by Gasteiger charge is -2.05. The van der Waals surface area contributed by atoms with Crippen molar-refractivity contribution in [2.45, 2.75) is 13.0 Å². The Bertz CT molecular complexity index is 768. The van der Waals surface area contributed by atoms with E-state index in [9.17, 15) is 4.79 Å². The summed E-state index contributed by atoms with van der Waals surface area (Å²) >= 11 is 9.19. The average molecular weight is 350 g/mol. The number of benzene rings is 1. The van der Waals surface area contributed by atoms with E-state index < -0.39 is 0 Å². The maximum absolute atomic E-state index is 11.9. The van der Waals surface area contributed by atoms with Crippen LogP contribution < -0.4 is 0 Å². The predicted octanol–water partition coefficient (Wildman–Crippen LogP) is 4.81. The minimum Gasteiger partial charge on any atom is -0.460 e. The van der Waals surface area contributed by atoms with Crippen LogP contribution in [0.2, 0.25) is 5.02 Å². The monoisotopic (exact) mass is 349 g/mol. The summed E-state index contributed by atoms with van der Waals surface area (Å²) in [6.07, 6.45) is 0.172. The fourth-order valence-corrected chi connectivity index (χ4v) is 3.60. The predicted molar refractivity (Wildman–Crippen MR) is 90.4 cm³/mol. The van der Waals surface area contributed by atoms with Crippen LogP contribution in [-0.4, -0.2) is 11.0 Å². The van der Waals surface area contributed by atoms with Gasteiger partial charge in [-0.25, -0.2) is 4.98 Å². The average Bonchev–Trinajstić information content (AvgIpc) is 3.17. The zero-order chi connectivity index (χ0) is 15.4. The van der Waals surface area contributed by atoms with Gasteiger partial charge in [0.05, 0.1) is 12.1 Å². The largest absolute Gasteiger partial charge is 0.460 e. The molecule has 6 heteroatoms. The van der Waals surface area contributed by atoms with Crippen LogP contribution in [0.1, 0.15) is 11.3 Å². The number of esters is 1. The third-order valence-corrected chi connectivity index (χ3v) is 4.98. The van der Waals surface area contributed by atoms with Gasteiger partial charge >= 0.3 is 5.97 Å². The highest BCUT2D eigenvalue weighted by Gasteiger charge is 2.11. The number of aromatic nitrogens is 1. The number of halogens is 1. The van der Waals surface area contributed by atoms with Gasteiger partial charge in [0.1, 0.15) is 11.6 Å². The van der Waals surface area contributed by atoms with Crippen molar-refractivity contribution < 1.29 is 9.53 Å². The number of carbonyl (C=O) groups excluding carboxylic acids is 1. The molecule has 0 N–H and O–H groups in total. The van der Waals surface area contributed by atoms with E-state index in [0.29, 0.717) is 5.02 Å². The number of hydrogen-bond donors (Lipinski definition) is 0. The van der Waals surface area contributed by atoms with E-state index in [-0.39, 0.29) is 19.0 Å². The fourth-order valence-electron chi connectivity index (χ4n) is 1.88. The van der Waals surface area contributed by atoms with E-state index in [2.05, 4.69) is 4.98 Å². The van der Waals surface area contributed by atoms with Crippen LogP contribution in [-0.2, 0) is 22.6 Å². The highest BCUT2D eigenvalue weighted by Crippen LogP contribution is 2.26. The van der Waals surface area contributed by atoms with Crippen molar-refractivity contribution in [3.05, 3.63) is 62.8 Å². The Morgan fingerprint density at radius 2 is 2.09 bits per heavy atom. The van der Waals surface area contributed by atoms with Crippen molar-refractivity contribution in [1.82, 2.24) is 4.98 Å². The molecule has 3 aromatic rings. The Labute approximate surface area is 141 Å². The van der Waals surface area contributed by atoms with E-state index >= 15 is 0 Å². The van der Waals surface area contributed by atoms with Crippen LogP contribution in [0.4, 0.5) is 0 Å². The zero-order valence-electron chi connectivity index (χ0n) is 11.5. The molecule has 3 nitrogen and oxygen atoms in total. The summed E-state index contributed by atoms with van der Waals surface area (Å²) in [5.74, 6) is -0.304. The number of thiazole rings is 1. The Hall–Kier alpha value is -1.69. The second-order valence-electron chi connectivity index (χ2n) is 4.58. The first kappa shape index (κ1) is 15.2. The molecule has 112 valence electrons. The van der Waals surface area contributed by atoms with Gasteiger partial charge in [0.25, 0.3) is 0 Å². The third kappa shape index (κ3) is 3.74. The number of rotatable bonds is 5. The van der Waals surface area contributed by atoms with Crippen LogP contribution in [0, 0.1) is 0 Å². The van der Waals surface area contributed by atoms with Gasteiger partial charge in [-0.2, -0.15) is 11.3 Å². The minimum absolute atomic E-state index is 0.172. The van der Waals surface area contributed by atoms with Crippen molar-refractivity contribution in [3.8, 4) is 10.6 Å². The maximum Gasteiger partial charge on any atom is 0.312 e. The van der Waals surface area contributed by atoms with Gasteiger partial charge in [0, 0.05) is 26.9 Å². The van der Waals surface area contributed by atoms with Crippen molar-refractivity contribution in [2.75, 3.05) is 0 Å². The van der Waals surface area contributed by atoms with Gasteiger partial charge in [-0.15, -0.1) is 11.3 Å². The van der Waals surface area contributed by atoms with Gasteiger partial charge in [-0.05, 0) is 17.5 Å². The molecule has 0 aliphatic heterocycles. The molecule has 0 bridgehead atoms. The van der Waals surface area contributed by atoms with Gasteiger partial charge in [0.2, 0.25) is 0 Å². The zero-order valence-corrected chi connectivity index (χ0v) is 13.9. The molecule has 0 aliphatic rings. The SMILES string of the molecule is O=C(Cc1csc(-c2ccsc2)n1)OCc1ccccc1Cl. The number of thiophene rings is 1. The summed E-state index contributed by atoms with van der Waals surface area (Å²) in [6, 6.07) is 9.34. The lowest BCUT2D eigenvalue weighted by molar-refractivity contribution is -0.144. The molecule has 0 spiro atoms. The summed E-state index contributed by atoms with van der Waals surface area (Å²) < 4.78 is 5.26. The first-order chi connectivity index (χ1) is 10.7. The number of carbonyl (C=O) groups is 1. The molecule has 1 aromatic carbocycles. The van der Waals surface area contributed by atoms with Crippen molar-refractivity contribution in [2.24, 2.45) is 0 Å². The second-order valence-corrected chi connectivity index (χ2v) is 6.63. The molecule has 0 saturated carbocycles. The van der Waals surface area contributed by atoms with E-state index in [1.165, 1.54) is 11.3 Å². The van der Waals surface area contributed by atoms with Crippen molar-refractivity contribution in [1.29, 1.82) is 0 Å². The van der Waals surface area contributed by atoms with E-state index in [4.69, 9.17) is 16.3 Å². The summed E-state index contributed by atoms with van der Waals surface area (Å²) in [4.78, 5) is 16.4. The van der Waals surface area contributed by atoms with E-state index in [1.54, 1.807) is 17.4 Å². The second kappa shape index (κ2) is 7.05. The summed E-state index contributed by atoms with van der Waals surface area (Å²) in [5, 5.41) is 7.47. The molecule has 0 radical (unpaired) electrons. The molecule has 0 aliphatic carbocycles. The summed E-state index contributed by atoms with van der Waals surface area (Å²) in [5.41, 5.74) is 2.62. The van der Waals surface area contributed by atoms with Gasteiger partial charge in [-0.3, -0.25) is 4.79 Å². The molecular formula is C16H12ClNO2S2. The first-order valence-corrected chi connectivity index (χ1v) is 8.78. The third-order valence-electron chi connectivity index (χ3n) is 2.99. The molecule has 2 aromatic heterocycles. The Balaban J connectivity index is 1.57. The lowest BCUT2D eigenvalue weighted by Crippen LogP contribution is -2.08. The van der Waals surface area contributed by atoms with E-state index in [1.807, 2.05) is 40.4 Å². The molecule has 0 amide bonds. The minimum atomic E-state index is -0.304. The molecule has 2 heterocycles. The Kier molecular flexibility index (Phi) is 4.87. The normalized spacial score (nSPS) is 10.6. The van der Waals surface area contributed by atoms with Crippen molar-refractivity contribution >= 4 is 40.2 Å². The van der Waals surface area contributed by atoms with Gasteiger partial charge in [0.15, 0.2) is 0 Å². The van der Waals surface area contributed by atoms with Crippen LogP contribution in [0.3, 0.4) is 0 Å². The Morgan fingerprint density at radius 1 is 1.23 bits per heavy atom. The molecule has 0 fully saturated rings. The highest BCUT2D eigenvalue weighted by atomic mass is 35.5. The first-order valence-electron chi connectivity index (χ1n) is 6.58. The van der Waals surface area contributed by atoms with Crippen LogP contribution in [0.15, 0.2) is 46.5 Å². The molecule has 0 atom stereocenters. The molecular weight excluding hydrogens is 338 g/mol. The highest BCUT2D eigenvalue weighted by molar-refractivity contribution is 7.14. The topological polar surface area (TPSA) is 39.2 Å². The molecule has 0 saturated heterocycles. The maximum atomic E-state index is 11.9. The van der Waals surface area contributed by atoms with Crippen molar-refractivity contribution in [3.63, 3.8) is 0 Å².